The first-order valence-electron chi connectivity index (χ1n) is 4.96. The lowest BCUT2D eigenvalue weighted by atomic mass is 9.91. The summed E-state index contributed by atoms with van der Waals surface area (Å²) in [4.78, 5) is 11.7. The Hall–Kier alpha value is -0.220. The van der Waals surface area contributed by atoms with Crippen molar-refractivity contribution in [1.29, 1.82) is 0 Å². The van der Waals surface area contributed by atoms with Gasteiger partial charge in [0.15, 0.2) is 5.44 Å². The molecule has 1 heterocycles. The molecular formula is C10H18O3S. The Morgan fingerprint density at radius 1 is 1.64 bits per heavy atom. The van der Waals surface area contributed by atoms with E-state index in [4.69, 9.17) is 9.47 Å². The summed E-state index contributed by atoms with van der Waals surface area (Å²) in [7, 11) is 0. The fourth-order valence-electron chi connectivity index (χ4n) is 0.957. The van der Waals surface area contributed by atoms with Crippen molar-refractivity contribution >= 4 is 17.7 Å². The number of hydrogen-bond acceptors (Lipinski definition) is 4. The molecule has 0 amide bonds. The molecule has 1 saturated heterocycles. The van der Waals surface area contributed by atoms with E-state index in [1.807, 2.05) is 20.8 Å². The van der Waals surface area contributed by atoms with Crippen LogP contribution < -0.4 is 0 Å². The van der Waals surface area contributed by atoms with Gasteiger partial charge >= 0.3 is 5.97 Å². The summed E-state index contributed by atoms with van der Waals surface area (Å²) in [5.74, 6) is 0.785. The zero-order valence-electron chi connectivity index (χ0n) is 9.04. The Morgan fingerprint density at radius 3 is 2.86 bits per heavy atom. The Labute approximate surface area is 89.5 Å². The molecule has 0 N–H and O–H groups in total. The van der Waals surface area contributed by atoms with Crippen molar-refractivity contribution in [3.63, 3.8) is 0 Å². The minimum atomic E-state index is -0.377. The normalized spacial score (nSPS) is 23.2. The van der Waals surface area contributed by atoms with Crippen molar-refractivity contribution in [3.05, 3.63) is 0 Å². The first kappa shape index (κ1) is 11.9. The molecule has 1 atom stereocenters. The fraction of sp³-hybridized carbons (Fsp3) is 0.900. The molecule has 0 aromatic carbocycles. The molecule has 1 fully saturated rings. The molecule has 0 radical (unpaired) electrons. The SMILES string of the molecule is CCC(C)(C)C(=O)OC1COCCS1. The van der Waals surface area contributed by atoms with Crippen LogP contribution in [0.4, 0.5) is 0 Å². The van der Waals surface area contributed by atoms with Gasteiger partial charge in [0.2, 0.25) is 0 Å². The van der Waals surface area contributed by atoms with Crippen LogP contribution in [0.3, 0.4) is 0 Å². The third-order valence-electron chi connectivity index (χ3n) is 2.46. The minimum Gasteiger partial charge on any atom is -0.448 e. The van der Waals surface area contributed by atoms with E-state index in [0.717, 1.165) is 18.8 Å². The van der Waals surface area contributed by atoms with Crippen LogP contribution in [0.5, 0.6) is 0 Å². The summed E-state index contributed by atoms with van der Waals surface area (Å²) in [6, 6.07) is 0. The van der Waals surface area contributed by atoms with Gasteiger partial charge in [-0.05, 0) is 20.3 Å². The molecule has 0 aliphatic carbocycles. The van der Waals surface area contributed by atoms with Crippen molar-refractivity contribution in [2.75, 3.05) is 19.0 Å². The summed E-state index contributed by atoms with van der Waals surface area (Å²) in [6.45, 7) is 7.09. The molecule has 0 aromatic heterocycles. The van der Waals surface area contributed by atoms with Crippen LogP contribution in [-0.4, -0.2) is 30.4 Å². The fourth-order valence-corrected chi connectivity index (χ4v) is 1.78. The quantitative estimate of drug-likeness (QED) is 0.679. The lowest BCUT2D eigenvalue weighted by Gasteiger charge is -2.27. The number of ether oxygens (including phenoxy) is 2. The van der Waals surface area contributed by atoms with Crippen molar-refractivity contribution < 1.29 is 14.3 Å². The van der Waals surface area contributed by atoms with Crippen LogP contribution in [0.25, 0.3) is 0 Å². The van der Waals surface area contributed by atoms with Gasteiger partial charge in [-0.2, -0.15) is 0 Å². The Morgan fingerprint density at radius 2 is 2.36 bits per heavy atom. The van der Waals surface area contributed by atoms with Gasteiger partial charge in [-0.3, -0.25) is 4.79 Å². The maximum absolute atomic E-state index is 11.7. The van der Waals surface area contributed by atoms with Gasteiger partial charge in [0.05, 0.1) is 18.6 Å². The zero-order chi connectivity index (χ0) is 10.6. The molecule has 82 valence electrons. The molecule has 1 aliphatic rings. The van der Waals surface area contributed by atoms with Crippen LogP contribution in [-0.2, 0) is 14.3 Å². The first-order valence-corrected chi connectivity index (χ1v) is 6.01. The lowest BCUT2D eigenvalue weighted by Crippen LogP contribution is -2.33. The summed E-state index contributed by atoms with van der Waals surface area (Å²) in [6.07, 6.45) is 0.796. The Kier molecular flexibility index (Phi) is 4.26. The van der Waals surface area contributed by atoms with Crippen LogP contribution in [0.15, 0.2) is 0 Å². The van der Waals surface area contributed by atoms with Gasteiger partial charge in [0, 0.05) is 5.75 Å². The van der Waals surface area contributed by atoms with Crippen molar-refractivity contribution in [2.45, 2.75) is 32.6 Å². The molecule has 0 spiro atoms. The van der Waals surface area contributed by atoms with Crippen LogP contribution in [0.1, 0.15) is 27.2 Å². The number of rotatable bonds is 3. The third-order valence-corrected chi connectivity index (χ3v) is 3.47. The highest BCUT2D eigenvalue weighted by Crippen LogP contribution is 2.25. The lowest BCUT2D eigenvalue weighted by molar-refractivity contribution is -0.157. The molecule has 14 heavy (non-hydrogen) atoms. The monoisotopic (exact) mass is 218 g/mol. The molecule has 0 saturated carbocycles. The van der Waals surface area contributed by atoms with Gasteiger partial charge in [-0.15, -0.1) is 11.8 Å². The standard InChI is InChI=1S/C10H18O3S/c1-4-10(2,3)9(11)13-8-7-12-5-6-14-8/h8H,4-7H2,1-3H3. The number of carbonyl (C=O) groups excluding carboxylic acids is 1. The highest BCUT2D eigenvalue weighted by atomic mass is 32.2. The first-order chi connectivity index (χ1) is 6.56. The molecule has 0 aromatic rings. The molecule has 1 unspecified atom stereocenters. The number of thioether (sulfide) groups is 1. The van der Waals surface area contributed by atoms with Crippen molar-refractivity contribution in [3.8, 4) is 0 Å². The average Bonchev–Trinajstić information content (AvgIpc) is 2.19. The van der Waals surface area contributed by atoms with Crippen molar-refractivity contribution in [1.82, 2.24) is 0 Å². The van der Waals surface area contributed by atoms with E-state index < -0.39 is 0 Å². The maximum Gasteiger partial charge on any atom is 0.312 e. The summed E-state index contributed by atoms with van der Waals surface area (Å²) in [5, 5.41) is 0. The molecular weight excluding hydrogens is 200 g/mol. The van der Waals surface area contributed by atoms with E-state index in [0.29, 0.717) is 6.61 Å². The van der Waals surface area contributed by atoms with E-state index in [9.17, 15) is 4.79 Å². The number of carbonyl (C=O) groups is 1. The van der Waals surface area contributed by atoms with Gasteiger partial charge in [-0.25, -0.2) is 0 Å². The van der Waals surface area contributed by atoms with E-state index in [2.05, 4.69) is 0 Å². The summed E-state index contributed by atoms with van der Waals surface area (Å²) in [5.41, 5.74) is -0.486. The van der Waals surface area contributed by atoms with Gasteiger partial charge < -0.3 is 9.47 Å². The predicted molar refractivity (Wildman–Crippen MR) is 57.2 cm³/mol. The highest BCUT2D eigenvalue weighted by Gasteiger charge is 2.30. The van der Waals surface area contributed by atoms with Crippen molar-refractivity contribution in [2.24, 2.45) is 5.41 Å². The topological polar surface area (TPSA) is 35.5 Å². The molecule has 3 nitrogen and oxygen atoms in total. The van der Waals surface area contributed by atoms with Gasteiger partial charge in [-0.1, -0.05) is 6.92 Å². The van der Waals surface area contributed by atoms with Crippen LogP contribution >= 0.6 is 11.8 Å². The second-order valence-electron chi connectivity index (χ2n) is 4.02. The number of hydrogen-bond donors (Lipinski definition) is 0. The molecule has 4 heteroatoms. The van der Waals surface area contributed by atoms with E-state index in [-0.39, 0.29) is 16.8 Å². The highest BCUT2D eigenvalue weighted by molar-refractivity contribution is 7.99. The third kappa shape index (κ3) is 3.17. The second-order valence-corrected chi connectivity index (χ2v) is 5.29. The predicted octanol–water partition coefficient (Wildman–Crippen LogP) is 2.06. The van der Waals surface area contributed by atoms with Crippen LogP contribution in [0.2, 0.25) is 0 Å². The van der Waals surface area contributed by atoms with Gasteiger partial charge in [0.25, 0.3) is 0 Å². The van der Waals surface area contributed by atoms with Crippen LogP contribution in [0, 0.1) is 5.41 Å². The number of esters is 1. The average molecular weight is 218 g/mol. The summed E-state index contributed by atoms with van der Waals surface area (Å²) < 4.78 is 10.6. The van der Waals surface area contributed by atoms with Gasteiger partial charge in [0.1, 0.15) is 0 Å². The second kappa shape index (κ2) is 5.03. The Balaban J connectivity index is 2.39. The van der Waals surface area contributed by atoms with E-state index in [1.54, 1.807) is 11.8 Å². The molecule has 0 bridgehead atoms. The van der Waals surface area contributed by atoms with E-state index >= 15 is 0 Å². The minimum absolute atomic E-state index is 0.109. The molecule has 1 rings (SSSR count). The largest absolute Gasteiger partial charge is 0.448 e. The Bertz CT molecular complexity index is 198. The smallest absolute Gasteiger partial charge is 0.312 e. The summed E-state index contributed by atoms with van der Waals surface area (Å²) >= 11 is 1.65. The molecule has 1 aliphatic heterocycles. The zero-order valence-corrected chi connectivity index (χ0v) is 9.86. The maximum atomic E-state index is 11.7. The van der Waals surface area contributed by atoms with E-state index in [1.165, 1.54) is 0 Å².